The summed E-state index contributed by atoms with van der Waals surface area (Å²) in [4.78, 5) is 14.4. The minimum atomic E-state index is -0.363. The zero-order chi connectivity index (χ0) is 16.2. The van der Waals surface area contributed by atoms with Gasteiger partial charge in [0.25, 0.3) is 0 Å². The molecular weight excluding hydrogens is 288 g/mol. The van der Waals surface area contributed by atoms with Crippen LogP contribution in [0.5, 0.6) is 0 Å². The highest BCUT2D eigenvalue weighted by Gasteiger charge is 2.33. The van der Waals surface area contributed by atoms with Crippen molar-refractivity contribution in [2.24, 2.45) is 5.73 Å². The number of rotatable bonds is 5. The van der Waals surface area contributed by atoms with Gasteiger partial charge >= 0.3 is 0 Å². The van der Waals surface area contributed by atoms with E-state index in [1.165, 1.54) is 6.42 Å². The van der Waals surface area contributed by atoms with Crippen LogP contribution in [0.15, 0.2) is 42.7 Å². The lowest BCUT2D eigenvalue weighted by atomic mass is 9.96. The Bertz CT molecular complexity index is 652. The summed E-state index contributed by atoms with van der Waals surface area (Å²) >= 11 is 0. The van der Waals surface area contributed by atoms with Crippen molar-refractivity contribution in [3.05, 3.63) is 53.9 Å². The third-order valence-corrected chi connectivity index (χ3v) is 4.55. The zero-order valence-electron chi connectivity index (χ0n) is 13.6. The SMILES string of the molecule is Cc1cnn(C[C@H]2CCCCN2[C@@H](C(N)=O)c2ccccc2)c1. The fourth-order valence-electron chi connectivity index (χ4n) is 3.50. The van der Waals surface area contributed by atoms with E-state index in [1.807, 2.05) is 48.1 Å². The Morgan fingerprint density at radius 3 is 2.78 bits per heavy atom. The molecule has 0 radical (unpaired) electrons. The molecule has 1 amide bonds. The van der Waals surface area contributed by atoms with Gasteiger partial charge in [-0.2, -0.15) is 5.10 Å². The molecule has 1 fully saturated rings. The third kappa shape index (κ3) is 3.62. The first-order valence-corrected chi connectivity index (χ1v) is 8.24. The summed E-state index contributed by atoms with van der Waals surface area (Å²) in [5, 5.41) is 4.40. The van der Waals surface area contributed by atoms with Crippen LogP contribution in [0, 0.1) is 6.92 Å². The molecule has 2 N–H and O–H groups in total. The summed E-state index contributed by atoms with van der Waals surface area (Å²) in [7, 11) is 0. The number of carbonyl (C=O) groups is 1. The van der Waals surface area contributed by atoms with E-state index in [0.717, 1.165) is 37.1 Å². The molecule has 1 aliphatic rings. The molecule has 0 aliphatic carbocycles. The smallest absolute Gasteiger partial charge is 0.239 e. The Kier molecular flexibility index (Phi) is 4.76. The Hall–Kier alpha value is -2.14. The molecule has 3 rings (SSSR count). The highest BCUT2D eigenvalue weighted by atomic mass is 16.1. The van der Waals surface area contributed by atoms with Crippen LogP contribution in [-0.4, -0.2) is 33.2 Å². The predicted molar refractivity (Wildman–Crippen MR) is 89.7 cm³/mol. The third-order valence-electron chi connectivity index (χ3n) is 4.55. The van der Waals surface area contributed by atoms with Gasteiger partial charge in [-0.15, -0.1) is 0 Å². The van der Waals surface area contributed by atoms with Gasteiger partial charge in [-0.3, -0.25) is 14.4 Å². The fourth-order valence-corrected chi connectivity index (χ4v) is 3.50. The molecule has 0 spiro atoms. The number of aromatic nitrogens is 2. The lowest BCUT2D eigenvalue weighted by Gasteiger charge is -2.40. The first kappa shape index (κ1) is 15.7. The maximum absolute atomic E-state index is 12.2. The first-order valence-electron chi connectivity index (χ1n) is 8.24. The Morgan fingerprint density at radius 2 is 2.13 bits per heavy atom. The van der Waals surface area contributed by atoms with Crippen molar-refractivity contribution in [2.75, 3.05) is 6.54 Å². The average molecular weight is 312 g/mol. The number of likely N-dealkylation sites (tertiary alicyclic amines) is 1. The molecule has 2 heterocycles. The summed E-state index contributed by atoms with van der Waals surface area (Å²) < 4.78 is 1.97. The van der Waals surface area contributed by atoms with E-state index in [9.17, 15) is 4.79 Å². The van der Waals surface area contributed by atoms with Gasteiger partial charge in [-0.1, -0.05) is 36.8 Å². The van der Waals surface area contributed by atoms with Gasteiger partial charge in [-0.25, -0.2) is 0 Å². The van der Waals surface area contributed by atoms with Crippen molar-refractivity contribution in [1.82, 2.24) is 14.7 Å². The van der Waals surface area contributed by atoms with Crippen LogP contribution in [0.1, 0.15) is 36.4 Å². The van der Waals surface area contributed by atoms with Crippen molar-refractivity contribution >= 4 is 5.91 Å². The summed E-state index contributed by atoms with van der Waals surface area (Å²) in [6.07, 6.45) is 7.27. The summed E-state index contributed by atoms with van der Waals surface area (Å²) in [6.45, 7) is 3.73. The lowest BCUT2D eigenvalue weighted by molar-refractivity contribution is -0.125. The van der Waals surface area contributed by atoms with E-state index in [4.69, 9.17) is 5.73 Å². The number of hydrogen-bond donors (Lipinski definition) is 1. The molecule has 5 heteroatoms. The minimum Gasteiger partial charge on any atom is -0.368 e. The van der Waals surface area contributed by atoms with Gasteiger partial charge in [0.2, 0.25) is 5.91 Å². The number of carbonyl (C=O) groups excluding carboxylic acids is 1. The van der Waals surface area contributed by atoms with Crippen LogP contribution in [-0.2, 0) is 11.3 Å². The van der Waals surface area contributed by atoms with Crippen LogP contribution in [0.4, 0.5) is 0 Å². The maximum Gasteiger partial charge on any atom is 0.239 e. The molecule has 0 saturated carbocycles. The molecule has 1 saturated heterocycles. The quantitative estimate of drug-likeness (QED) is 0.921. The van der Waals surface area contributed by atoms with Gasteiger partial charge < -0.3 is 5.73 Å². The van der Waals surface area contributed by atoms with E-state index in [-0.39, 0.29) is 18.0 Å². The molecule has 23 heavy (non-hydrogen) atoms. The molecule has 1 aliphatic heterocycles. The largest absolute Gasteiger partial charge is 0.368 e. The first-order chi connectivity index (χ1) is 11.1. The number of piperidine rings is 1. The highest BCUT2D eigenvalue weighted by molar-refractivity contribution is 5.81. The fraction of sp³-hybridized carbons (Fsp3) is 0.444. The van der Waals surface area contributed by atoms with Crippen molar-refractivity contribution in [2.45, 2.75) is 44.8 Å². The van der Waals surface area contributed by atoms with Crippen LogP contribution in [0.2, 0.25) is 0 Å². The monoisotopic (exact) mass is 312 g/mol. The molecule has 122 valence electrons. The van der Waals surface area contributed by atoms with E-state index < -0.39 is 0 Å². The number of nitrogens with zero attached hydrogens (tertiary/aromatic N) is 3. The molecular formula is C18H24N4O. The summed E-state index contributed by atoms with van der Waals surface area (Å²) in [5.41, 5.74) is 7.89. The van der Waals surface area contributed by atoms with E-state index >= 15 is 0 Å². The average Bonchev–Trinajstić information content (AvgIpc) is 2.95. The zero-order valence-corrected chi connectivity index (χ0v) is 13.6. The molecule has 1 aromatic heterocycles. The van der Waals surface area contributed by atoms with Crippen LogP contribution >= 0.6 is 0 Å². The van der Waals surface area contributed by atoms with Crippen molar-refractivity contribution in [1.29, 1.82) is 0 Å². The summed E-state index contributed by atoms with van der Waals surface area (Å²) in [6, 6.07) is 9.77. The number of hydrogen-bond acceptors (Lipinski definition) is 3. The second-order valence-corrected chi connectivity index (χ2v) is 6.34. The number of primary amides is 1. The van der Waals surface area contributed by atoms with Gasteiger partial charge in [-0.05, 0) is 37.4 Å². The number of nitrogens with two attached hydrogens (primary N) is 1. The highest BCUT2D eigenvalue weighted by Crippen LogP contribution is 2.29. The van der Waals surface area contributed by atoms with E-state index in [1.54, 1.807) is 0 Å². The topological polar surface area (TPSA) is 64.2 Å². The van der Waals surface area contributed by atoms with Gasteiger partial charge in [0.05, 0.1) is 12.7 Å². The molecule has 5 nitrogen and oxygen atoms in total. The van der Waals surface area contributed by atoms with Crippen LogP contribution in [0.3, 0.4) is 0 Å². The Balaban J connectivity index is 1.85. The number of aryl methyl sites for hydroxylation is 1. The van der Waals surface area contributed by atoms with Gasteiger partial charge in [0.1, 0.15) is 6.04 Å². The van der Waals surface area contributed by atoms with Crippen LogP contribution < -0.4 is 5.73 Å². The maximum atomic E-state index is 12.2. The number of benzene rings is 1. The Morgan fingerprint density at radius 1 is 1.35 bits per heavy atom. The minimum absolute atomic E-state index is 0.278. The molecule has 1 aromatic carbocycles. The van der Waals surface area contributed by atoms with Crippen LogP contribution in [0.25, 0.3) is 0 Å². The van der Waals surface area contributed by atoms with Gasteiger partial charge in [0, 0.05) is 12.2 Å². The van der Waals surface area contributed by atoms with Crippen molar-refractivity contribution in [3.8, 4) is 0 Å². The standard InChI is InChI=1S/C18H24N4O/c1-14-11-20-21(12-14)13-16-9-5-6-10-22(16)17(18(19)23)15-7-3-2-4-8-15/h2-4,7-8,11-12,16-17H,5-6,9-10,13H2,1H3,(H2,19,23)/t16-,17-/m1/s1. The molecule has 2 aromatic rings. The lowest BCUT2D eigenvalue weighted by Crippen LogP contribution is -2.48. The molecule has 2 atom stereocenters. The van der Waals surface area contributed by atoms with E-state index in [0.29, 0.717) is 0 Å². The second kappa shape index (κ2) is 6.96. The normalized spacial score (nSPS) is 20.3. The van der Waals surface area contributed by atoms with E-state index in [2.05, 4.69) is 16.2 Å². The van der Waals surface area contributed by atoms with Crippen molar-refractivity contribution < 1.29 is 4.79 Å². The molecule has 0 unspecified atom stereocenters. The second-order valence-electron chi connectivity index (χ2n) is 6.34. The van der Waals surface area contributed by atoms with Crippen molar-refractivity contribution in [3.63, 3.8) is 0 Å². The molecule has 0 bridgehead atoms. The predicted octanol–water partition coefficient (Wildman–Crippen LogP) is 2.27. The summed E-state index contributed by atoms with van der Waals surface area (Å²) in [5.74, 6) is -0.278. The number of amides is 1. The van der Waals surface area contributed by atoms with Gasteiger partial charge in [0.15, 0.2) is 0 Å². The Labute approximate surface area is 137 Å².